The highest BCUT2D eigenvalue weighted by Gasteiger charge is 2.30. The van der Waals surface area contributed by atoms with Crippen molar-refractivity contribution in [3.63, 3.8) is 0 Å². The Morgan fingerprint density at radius 3 is 2.64 bits per heavy atom. The third-order valence-corrected chi connectivity index (χ3v) is 2.66. The van der Waals surface area contributed by atoms with Crippen molar-refractivity contribution in [2.75, 3.05) is 40.0 Å². The molecule has 0 aliphatic carbocycles. The molecule has 0 unspecified atom stereocenters. The van der Waals surface area contributed by atoms with Crippen LogP contribution in [-0.4, -0.2) is 55.6 Å². The highest BCUT2D eigenvalue weighted by Crippen LogP contribution is 2.21. The van der Waals surface area contributed by atoms with Crippen LogP contribution in [0.4, 0.5) is 4.39 Å². The van der Waals surface area contributed by atoms with Crippen LogP contribution >= 0.6 is 0 Å². The molecule has 1 N–H and O–H groups in total. The third-order valence-electron chi connectivity index (χ3n) is 2.66. The maximum absolute atomic E-state index is 11.9. The summed E-state index contributed by atoms with van der Waals surface area (Å²) in [5, 5.41) is 10.1. The van der Waals surface area contributed by atoms with E-state index < -0.39 is 5.60 Å². The molecule has 0 amide bonds. The molecule has 0 radical (unpaired) electrons. The van der Waals surface area contributed by atoms with Crippen molar-refractivity contribution < 1.29 is 14.2 Å². The normalized spacial score (nSPS) is 21.4. The van der Waals surface area contributed by atoms with E-state index in [0.717, 1.165) is 0 Å². The molecule has 0 spiro atoms. The summed E-state index contributed by atoms with van der Waals surface area (Å²) in [4.78, 5) is 1.99. The minimum absolute atomic E-state index is 0.286. The van der Waals surface area contributed by atoms with Crippen LogP contribution in [0.3, 0.4) is 0 Å². The van der Waals surface area contributed by atoms with E-state index in [-0.39, 0.29) is 6.67 Å². The van der Waals surface area contributed by atoms with Gasteiger partial charge in [0.2, 0.25) is 0 Å². The van der Waals surface area contributed by atoms with Crippen LogP contribution in [0.15, 0.2) is 0 Å². The van der Waals surface area contributed by atoms with Crippen molar-refractivity contribution in [1.82, 2.24) is 4.90 Å². The van der Waals surface area contributed by atoms with Gasteiger partial charge < -0.3 is 14.7 Å². The average molecular weight is 205 g/mol. The monoisotopic (exact) mass is 205 g/mol. The summed E-state index contributed by atoms with van der Waals surface area (Å²) in [5.41, 5.74) is -0.622. The SMILES string of the molecule is CN(CCCF)CC1(O)CCOCC1. The second-order valence-electron chi connectivity index (χ2n) is 4.12. The molecule has 1 fully saturated rings. The summed E-state index contributed by atoms with van der Waals surface area (Å²) in [6.07, 6.45) is 1.92. The van der Waals surface area contributed by atoms with E-state index in [1.54, 1.807) is 0 Å². The zero-order valence-corrected chi connectivity index (χ0v) is 8.84. The number of ether oxygens (including phenoxy) is 1. The van der Waals surface area contributed by atoms with Gasteiger partial charge in [-0.2, -0.15) is 0 Å². The molecule has 1 rings (SSSR count). The van der Waals surface area contributed by atoms with Gasteiger partial charge in [-0.05, 0) is 13.5 Å². The Morgan fingerprint density at radius 2 is 2.07 bits per heavy atom. The summed E-state index contributed by atoms with van der Waals surface area (Å²) in [5.74, 6) is 0. The summed E-state index contributed by atoms with van der Waals surface area (Å²) in [6, 6.07) is 0. The van der Waals surface area contributed by atoms with E-state index in [1.165, 1.54) is 0 Å². The van der Waals surface area contributed by atoms with E-state index in [4.69, 9.17) is 4.74 Å². The number of alkyl halides is 1. The zero-order valence-electron chi connectivity index (χ0n) is 8.84. The fourth-order valence-electron chi connectivity index (χ4n) is 1.82. The van der Waals surface area contributed by atoms with Gasteiger partial charge in [-0.25, -0.2) is 0 Å². The molecule has 0 bridgehead atoms. The summed E-state index contributed by atoms with van der Waals surface area (Å²) < 4.78 is 17.1. The first-order valence-electron chi connectivity index (χ1n) is 5.21. The lowest BCUT2D eigenvalue weighted by molar-refractivity contribution is -0.0769. The Balaban J connectivity index is 2.25. The quantitative estimate of drug-likeness (QED) is 0.721. The zero-order chi connectivity index (χ0) is 10.4. The number of hydrogen-bond acceptors (Lipinski definition) is 3. The van der Waals surface area contributed by atoms with Crippen LogP contribution in [0.25, 0.3) is 0 Å². The van der Waals surface area contributed by atoms with Gasteiger partial charge in [-0.3, -0.25) is 4.39 Å². The van der Waals surface area contributed by atoms with Gasteiger partial charge in [-0.1, -0.05) is 0 Å². The molecular formula is C10H20FNO2. The second kappa shape index (κ2) is 5.63. The molecule has 0 aromatic rings. The van der Waals surface area contributed by atoms with Crippen molar-refractivity contribution in [2.24, 2.45) is 0 Å². The maximum Gasteiger partial charge on any atom is 0.0906 e. The molecule has 1 aliphatic heterocycles. The Morgan fingerprint density at radius 1 is 1.43 bits per heavy atom. The van der Waals surface area contributed by atoms with Crippen molar-refractivity contribution in [1.29, 1.82) is 0 Å². The van der Waals surface area contributed by atoms with Crippen LogP contribution < -0.4 is 0 Å². The number of hydrogen-bond donors (Lipinski definition) is 1. The molecule has 84 valence electrons. The lowest BCUT2D eigenvalue weighted by Crippen LogP contribution is -2.45. The van der Waals surface area contributed by atoms with Crippen molar-refractivity contribution in [3.8, 4) is 0 Å². The predicted octanol–water partition coefficient (Wildman–Crippen LogP) is 0.819. The first-order chi connectivity index (χ1) is 6.66. The summed E-state index contributed by atoms with van der Waals surface area (Å²) in [7, 11) is 1.92. The Bertz CT molecular complexity index is 160. The number of rotatable bonds is 5. The van der Waals surface area contributed by atoms with Crippen molar-refractivity contribution in [3.05, 3.63) is 0 Å². The number of nitrogens with zero attached hydrogens (tertiary/aromatic N) is 1. The molecule has 4 heteroatoms. The Hall–Kier alpha value is -0.190. The number of halogens is 1. The highest BCUT2D eigenvalue weighted by atomic mass is 19.1. The van der Waals surface area contributed by atoms with Crippen LogP contribution in [0.5, 0.6) is 0 Å². The molecular weight excluding hydrogens is 185 g/mol. The molecule has 0 saturated carbocycles. The minimum Gasteiger partial charge on any atom is -0.388 e. The lowest BCUT2D eigenvalue weighted by atomic mass is 9.94. The van der Waals surface area contributed by atoms with Crippen LogP contribution in [0.1, 0.15) is 19.3 Å². The van der Waals surface area contributed by atoms with E-state index in [0.29, 0.717) is 45.6 Å². The van der Waals surface area contributed by atoms with Gasteiger partial charge in [-0.15, -0.1) is 0 Å². The van der Waals surface area contributed by atoms with Crippen molar-refractivity contribution >= 4 is 0 Å². The van der Waals surface area contributed by atoms with Crippen molar-refractivity contribution in [2.45, 2.75) is 24.9 Å². The van der Waals surface area contributed by atoms with Crippen LogP contribution in [-0.2, 0) is 4.74 Å². The molecule has 0 aromatic carbocycles. The second-order valence-corrected chi connectivity index (χ2v) is 4.12. The summed E-state index contributed by atoms with van der Waals surface area (Å²) >= 11 is 0. The number of aliphatic hydroxyl groups is 1. The van der Waals surface area contributed by atoms with Gasteiger partial charge in [0.15, 0.2) is 0 Å². The molecule has 1 heterocycles. The molecule has 1 saturated heterocycles. The van der Waals surface area contributed by atoms with Gasteiger partial charge in [0.05, 0.1) is 12.3 Å². The van der Waals surface area contributed by atoms with Gasteiger partial charge >= 0.3 is 0 Å². The topological polar surface area (TPSA) is 32.7 Å². The maximum atomic E-state index is 11.9. The Labute approximate surface area is 84.9 Å². The molecule has 0 aromatic heterocycles. The van der Waals surface area contributed by atoms with Gasteiger partial charge in [0.1, 0.15) is 0 Å². The first-order valence-corrected chi connectivity index (χ1v) is 5.21. The molecule has 3 nitrogen and oxygen atoms in total. The lowest BCUT2D eigenvalue weighted by Gasteiger charge is -2.35. The van der Waals surface area contributed by atoms with Gasteiger partial charge in [0.25, 0.3) is 0 Å². The van der Waals surface area contributed by atoms with Crippen LogP contribution in [0.2, 0.25) is 0 Å². The first kappa shape index (κ1) is 11.9. The summed E-state index contributed by atoms with van der Waals surface area (Å²) in [6.45, 7) is 2.31. The van der Waals surface area contributed by atoms with Gasteiger partial charge in [0, 0.05) is 39.1 Å². The smallest absolute Gasteiger partial charge is 0.0906 e. The fraction of sp³-hybridized carbons (Fsp3) is 1.00. The highest BCUT2D eigenvalue weighted by molar-refractivity contribution is 4.83. The van der Waals surface area contributed by atoms with E-state index in [1.807, 2.05) is 11.9 Å². The molecule has 1 aliphatic rings. The molecule has 14 heavy (non-hydrogen) atoms. The number of likely N-dealkylation sites (N-methyl/N-ethyl adjacent to an activating group) is 1. The minimum atomic E-state index is -0.622. The third kappa shape index (κ3) is 3.90. The standard InChI is InChI=1S/C10H20FNO2/c1-12(6-2-5-11)9-10(13)3-7-14-8-4-10/h13H,2-9H2,1H3. The molecule has 0 atom stereocenters. The largest absolute Gasteiger partial charge is 0.388 e. The van der Waals surface area contributed by atoms with E-state index in [9.17, 15) is 9.50 Å². The average Bonchev–Trinajstić information content (AvgIpc) is 2.15. The predicted molar refractivity (Wildman–Crippen MR) is 53.1 cm³/mol. The fourth-order valence-corrected chi connectivity index (χ4v) is 1.82. The Kier molecular flexibility index (Phi) is 4.78. The van der Waals surface area contributed by atoms with Crippen LogP contribution in [0, 0.1) is 0 Å². The van der Waals surface area contributed by atoms with E-state index >= 15 is 0 Å². The van der Waals surface area contributed by atoms with E-state index in [2.05, 4.69) is 0 Å².